The molecule has 0 aliphatic carbocycles. The van der Waals surface area contributed by atoms with Crippen LogP contribution in [0.4, 0.5) is 0 Å². The molecule has 1 amide bonds. The van der Waals surface area contributed by atoms with Crippen LogP contribution in [-0.4, -0.2) is 18.5 Å². The second kappa shape index (κ2) is 7.34. The number of amides is 1. The zero-order chi connectivity index (χ0) is 10.1. The molecule has 74 valence electrons. The molecule has 0 radical (unpaired) electrons. The summed E-state index contributed by atoms with van der Waals surface area (Å²) in [5.74, 6) is -0.594. The lowest BCUT2D eigenvalue weighted by Crippen LogP contribution is -2.10. The fourth-order valence-corrected chi connectivity index (χ4v) is 0.793. The molecule has 0 heterocycles. The first-order valence-corrected chi connectivity index (χ1v) is 4.21. The van der Waals surface area contributed by atoms with Gasteiger partial charge in [0.2, 0.25) is 5.91 Å². The van der Waals surface area contributed by atoms with Crippen LogP contribution in [0.25, 0.3) is 0 Å². The van der Waals surface area contributed by atoms with Gasteiger partial charge in [0, 0.05) is 12.8 Å². The van der Waals surface area contributed by atoms with Crippen molar-refractivity contribution in [3.8, 4) is 0 Å². The third kappa shape index (κ3) is 8.59. The molecule has 0 atom stereocenters. The van der Waals surface area contributed by atoms with E-state index in [-0.39, 0.29) is 18.5 Å². The number of primary amides is 1. The normalized spacial score (nSPS) is 9.23. The standard InChI is InChI=1S/C9H15NO3/c1-2-7-13-9(12)6-4-3-5-8(10)11/h2H,1,3-7H2,(H2,10,11). The minimum atomic E-state index is -0.334. The Balaban J connectivity index is 3.26. The van der Waals surface area contributed by atoms with Crippen molar-refractivity contribution in [1.82, 2.24) is 0 Å². The Morgan fingerprint density at radius 2 is 1.92 bits per heavy atom. The van der Waals surface area contributed by atoms with Gasteiger partial charge in [0.05, 0.1) is 0 Å². The number of carbonyl (C=O) groups is 2. The summed E-state index contributed by atoms with van der Waals surface area (Å²) in [5.41, 5.74) is 4.92. The first-order valence-electron chi connectivity index (χ1n) is 4.21. The third-order valence-electron chi connectivity index (χ3n) is 1.42. The molecule has 0 aromatic carbocycles. The summed E-state index contributed by atoms with van der Waals surface area (Å²) in [6.07, 6.45) is 3.45. The molecule has 0 aromatic heterocycles. The predicted octanol–water partition coefficient (Wildman–Crippen LogP) is 0.761. The van der Waals surface area contributed by atoms with Crippen molar-refractivity contribution >= 4 is 11.9 Å². The van der Waals surface area contributed by atoms with E-state index < -0.39 is 0 Å². The molecule has 4 heteroatoms. The molecule has 0 aliphatic rings. The van der Waals surface area contributed by atoms with Gasteiger partial charge in [0.25, 0.3) is 0 Å². The summed E-state index contributed by atoms with van der Waals surface area (Å²) in [4.78, 5) is 21.2. The van der Waals surface area contributed by atoms with Crippen molar-refractivity contribution in [2.24, 2.45) is 5.73 Å². The monoisotopic (exact) mass is 185 g/mol. The van der Waals surface area contributed by atoms with Gasteiger partial charge < -0.3 is 10.5 Å². The highest BCUT2D eigenvalue weighted by molar-refractivity contribution is 5.73. The van der Waals surface area contributed by atoms with E-state index in [0.717, 1.165) is 0 Å². The van der Waals surface area contributed by atoms with Gasteiger partial charge in [0.15, 0.2) is 0 Å². The van der Waals surface area contributed by atoms with Gasteiger partial charge in [0.1, 0.15) is 6.61 Å². The summed E-state index contributed by atoms with van der Waals surface area (Å²) in [5, 5.41) is 0. The molecule has 13 heavy (non-hydrogen) atoms. The van der Waals surface area contributed by atoms with Gasteiger partial charge in [-0.25, -0.2) is 0 Å². The topological polar surface area (TPSA) is 69.4 Å². The Kier molecular flexibility index (Phi) is 6.59. The smallest absolute Gasteiger partial charge is 0.306 e. The minimum Gasteiger partial charge on any atom is -0.461 e. The predicted molar refractivity (Wildman–Crippen MR) is 48.8 cm³/mol. The van der Waals surface area contributed by atoms with E-state index in [4.69, 9.17) is 10.5 Å². The van der Waals surface area contributed by atoms with E-state index in [0.29, 0.717) is 25.7 Å². The maximum Gasteiger partial charge on any atom is 0.306 e. The summed E-state index contributed by atoms with van der Waals surface area (Å²) < 4.78 is 4.73. The lowest BCUT2D eigenvalue weighted by Gasteiger charge is -2.00. The molecule has 0 spiro atoms. The SMILES string of the molecule is C=CCOC(=O)CCCCC(N)=O. The molecule has 0 bridgehead atoms. The number of carbonyl (C=O) groups excluding carboxylic acids is 2. The van der Waals surface area contributed by atoms with Crippen molar-refractivity contribution in [2.45, 2.75) is 25.7 Å². The lowest BCUT2D eigenvalue weighted by molar-refractivity contribution is -0.142. The van der Waals surface area contributed by atoms with Gasteiger partial charge in [-0.1, -0.05) is 12.7 Å². The molecule has 0 aromatic rings. The van der Waals surface area contributed by atoms with Gasteiger partial charge >= 0.3 is 5.97 Å². The lowest BCUT2D eigenvalue weighted by atomic mass is 10.2. The number of esters is 1. The van der Waals surface area contributed by atoms with E-state index in [1.165, 1.54) is 6.08 Å². The average Bonchev–Trinajstić information content (AvgIpc) is 2.08. The summed E-state index contributed by atoms with van der Waals surface area (Å²) in [6, 6.07) is 0. The van der Waals surface area contributed by atoms with Crippen molar-refractivity contribution in [3.05, 3.63) is 12.7 Å². The Hall–Kier alpha value is -1.32. The number of nitrogens with two attached hydrogens (primary N) is 1. The van der Waals surface area contributed by atoms with Gasteiger partial charge in [-0.15, -0.1) is 0 Å². The molecule has 0 saturated heterocycles. The van der Waals surface area contributed by atoms with Gasteiger partial charge in [-0.3, -0.25) is 9.59 Å². The first-order chi connectivity index (χ1) is 6.16. The van der Waals surface area contributed by atoms with E-state index in [1.54, 1.807) is 0 Å². The molecule has 0 aliphatic heterocycles. The van der Waals surface area contributed by atoms with Gasteiger partial charge in [-0.2, -0.15) is 0 Å². The van der Waals surface area contributed by atoms with E-state index >= 15 is 0 Å². The van der Waals surface area contributed by atoms with Crippen molar-refractivity contribution in [3.63, 3.8) is 0 Å². The maximum absolute atomic E-state index is 10.9. The second-order valence-corrected chi connectivity index (χ2v) is 2.65. The highest BCUT2D eigenvalue weighted by Crippen LogP contribution is 2.00. The Labute approximate surface area is 77.7 Å². The van der Waals surface area contributed by atoms with Crippen LogP contribution < -0.4 is 5.73 Å². The molecule has 0 unspecified atom stereocenters. The summed E-state index contributed by atoms with van der Waals surface area (Å²) in [6.45, 7) is 3.66. The average molecular weight is 185 g/mol. The number of ether oxygens (including phenoxy) is 1. The van der Waals surface area contributed by atoms with Crippen molar-refractivity contribution in [1.29, 1.82) is 0 Å². The zero-order valence-electron chi connectivity index (χ0n) is 7.62. The molecule has 0 fully saturated rings. The quantitative estimate of drug-likeness (QED) is 0.361. The summed E-state index contributed by atoms with van der Waals surface area (Å²) in [7, 11) is 0. The molecule has 2 N–H and O–H groups in total. The van der Waals surface area contributed by atoms with E-state index in [1.807, 2.05) is 0 Å². The van der Waals surface area contributed by atoms with Crippen LogP contribution >= 0.6 is 0 Å². The number of hydrogen-bond acceptors (Lipinski definition) is 3. The van der Waals surface area contributed by atoms with Gasteiger partial charge in [-0.05, 0) is 12.8 Å². The van der Waals surface area contributed by atoms with Crippen LogP contribution in [0.1, 0.15) is 25.7 Å². The fourth-order valence-electron chi connectivity index (χ4n) is 0.793. The Morgan fingerprint density at radius 3 is 2.46 bits per heavy atom. The first kappa shape index (κ1) is 11.7. The van der Waals surface area contributed by atoms with Crippen LogP contribution in [0.2, 0.25) is 0 Å². The van der Waals surface area contributed by atoms with E-state index in [9.17, 15) is 9.59 Å². The molecular formula is C9H15NO3. The van der Waals surface area contributed by atoms with Crippen LogP contribution in [0.5, 0.6) is 0 Å². The Bertz CT molecular complexity index is 189. The minimum absolute atomic E-state index is 0.245. The Morgan fingerprint density at radius 1 is 1.31 bits per heavy atom. The highest BCUT2D eigenvalue weighted by Gasteiger charge is 2.01. The van der Waals surface area contributed by atoms with E-state index in [2.05, 4.69) is 6.58 Å². The van der Waals surface area contributed by atoms with Crippen LogP contribution in [-0.2, 0) is 14.3 Å². The molecule has 0 rings (SSSR count). The molecular weight excluding hydrogens is 170 g/mol. The molecule has 4 nitrogen and oxygen atoms in total. The van der Waals surface area contributed by atoms with Crippen LogP contribution in [0, 0.1) is 0 Å². The van der Waals surface area contributed by atoms with Crippen molar-refractivity contribution < 1.29 is 14.3 Å². The second-order valence-electron chi connectivity index (χ2n) is 2.65. The third-order valence-corrected chi connectivity index (χ3v) is 1.42. The maximum atomic E-state index is 10.9. The number of unbranched alkanes of at least 4 members (excludes halogenated alkanes) is 1. The zero-order valence-corrected chi connectivity index (χ0v) is 7.62. The number of rotatable bonds is 7. The highest BCUT2D eigenvalue weighted by atomic mass is 16.5. The fraction of sp³-hybridized carbons (Fsp3) is 0.556. The van der Waals surface area contributed by atoms with Crippen LogP contribution in [0.3, 0.4) is 0 Å². The number of hydrogen-bond donors (Lipinski definition) is 1. The van der Waals surface area contributed by atoms with Crippen LogP contribution in [0.15, 0.2) is 12.7 Å². The summed E-state index contributed by atoms with van der Waals surface area (Å²) >= 11 is 0. The largest absolute Gasteiger partial charge is 0.461 e. The molecule has 0 saturated carbocycles. The van der Waals surface area contributed by atoms with Crippen molar-refractivity contribution in [2.75, 3.05) is 6.61 Å².